The van der Waals surface area contributed by atoms with Gasteiger partial charge in [-0.05, 0) is 0 Å². The van der Waals surface area contributed by atoms with Crippen molar-refractivity contribution in [3.8, 4) is 0 Å². The van der Waals surface area contributed by atoms with Gasteiger partial charge in [-0.3, -0.25) is 0 Å². The molecule has 1 aromatic heterocycles. The van der Waals surface area contributed by atoms with Gasteiger partial charge in [0.25, 0.3) is 0 Å². The van der Waals surface area contributed by atoms with Crippen LogP contribution in [0.3, 0.4) is 0 Å². The second kappa shape index (κ2) is 1.87. The zero-order chi connectivity index (χ0) is 6.91. The third-order valence-corrected chi connectivity index (χ3v) is 1.07. The highest BCUT2D eigenvalue weighted by molar-refractivity contribution is 5.03. The highest BCUT2D eigenvalue weighted by Crippen LogP contribution is 2.19. The molecular formula is C7H10NO. The van der Waals surface area contributed by atoms with Gasteiger partial charge in [0, 0.05) is 5.41 Å². The molecule has 9 heavy (non-hydrogen) atoms. The molecule has 0 saturated heterocycles. The summed E-state index contributed by atoms with van der Waals surface area (Å²) in [5.74, 6) is 0.808. The molecule has 0 spiro atoms. The van der Waals surface area contributed by atoms with Crippen LogP contribution in [0.4, 0.5) is 0 Å². The van der Waals surface area contributed by atoms with Gasteiger partial charge in [-0.2, -0.15) is 0 Å². The molecule has 2 heteroatoms. The molecule has 0 aliphatic carbocycles. The van der Waals surface area contributed by atoms with E-state index in [0.29, 0.717) is 0 Å². The summed E-state index contributed by atoms with van der Waals surface area (Å²) in [7, 11) is 0. The van der Waals surface area contributed by atoms with Gasteiger partial charge in [0.05, 0.1) is 12.3 Å². The SMILES string of the molecule is CC(C)(C)c1[c]cno1. The molecule has 0 aromatic carbocycles. The van der Waals surface area contributed by atoms with Crippen molar-refractivity contribution >= 4 is 0 Å². The summed E-state index contributed by atoms with van der Waals surface area (Å²) in [6, 6.07) is 2.90. The van der Waals surface area contributed by atoms with Crippen LogP contribution in [0.1, 0.15) is 26.5 Å². The van der Waals surface area contributed by atoms with E-state index in [0.717, 1.165) is 5.76 Å². The maximum atomic E-state index is 4.89. The molecule has 0 bridgehead atoms. The van der Waals surface area contributed by atoms with Crippen LogP contribution in [0.15, 0.2) is 10.7 Å². The molecule has 0 aliphatic heterocycles. The van der Waals surface area contributed by atoms with E-state index >= 15 is 0 Å². The molecule has 0 unspecified atom stereocenters. The minimum Gasteiger partial charge on any atom is -0.360 e. The van der Waals surface area contributed by atoms with Crippen LogP contribution in [0.2, 0.25) is 0 Å². The predicted octanol–water partition coefficient (Wildman–Crippen LogP) is 1.77. The molecule has 0 fully saturated rings. The van der Waals surface area contributed by atoms with Crippen LogP contribution in [-0.2, 0) is 5.41 Å². The van der Waals surface area contributed by atoms with Crippen molar-refractivity contribution in [1.29, 1.82) is 0 Å². The Labute approximate surface area is 54.9 Å². The molecule has 1 heterocycles. The number of aromatic nitrogens is 1. The average Bonchev–Trinajstić information content (AvgIpc) is 2.08. The van der Waals surface area contributed by atoms with Gasteiger partial charge in [-0.25, -0.2) is 0 Å². The number of nitrogens with zero attached hydrogens (tertiary/aromatic N) is 1. The van der Waals surface area contributed by atoms with E-state index in [9.17, 15) is 0 Å². The highest BCUT2D eigenvalue weighted by Gasteiger charge is 2.17. The first-order valence-electron chi connectivity index (χ1n) is 2.93. The Hall–Kier alpha value is -0.790. The minimum absolute atomic E-state index is 0.0382. The fraction of sp³-hybridized carbons (Fsp3) is 0.571. The predicted molar refractivity (Wildman–Crippen MR) is 34.0 cm³/mol. The van der Waals surface area contributed by atoms with Gasteiger partial charge < -0.3 is 4.52 Å². The van der Waals surface area contributed by atoms with Gasteiger partial charge in [0.15, 0.2) is 0 Å². The Morgan fingerprint density at radius 2 is 2.22 bits per heavy atom. The van der Waals surface area contributed by atoms with E-state index in [2.05, 4.69) is 32.0 Å². The quantitative estimate of drug-likeness (QED) is 0.526. The first-order chi connectivity index (χ1) is 4.11. The largest absolute Gasteiger partial charge is 0.360 e. The Kier molecular flexibility index (Phi) is 1.31. The summed E-state index contributed by atoms with van der Waals surface area (Å²) in [6.07, 6.45) is 1.54. The Bertz CT molecular complexity index is 171. The summed E-state index contributed by atoms with van der Waals surface area (Å²) < 4.78 is 4.89. The lowest BCUT2D eigenvalue weighted by atomic mass is 9.94. The molecule has 49 valence electrons. The van der Waals surface area contributed by atoms with Crippen LogP contribution in [-0.4, -0.2) is 5.16 Å². The van der Waals surface area contributed by atoms with E-state index in [1.165, 1.54) is 0 Å². The van der Waals surface area contributed by atoms with Crippen LogP contribution in [0.5, 0.6) is 0 Å². The Morgan fingerprint density at radius 1 is 1.56 bits per heavy atom. The van der Waals surface area contributed by atoms with Gasteiger partial charge >= 0.3 is 0 Å². The molecule has 1 radical (unpaired) electrons. The second-order valence-electron chi connectivity index (χ2n) is 3.05. The Balaban J connectivity index is 2.90. The standard InChI is InChI=1S/C7H10NO/c1-7(2,3)6-4-5-8-9-6/h5H,1-3H3. The summed E-state index contributed by atoms with van der Waals surface area (Å²) in [4.78, 5) is 0. The fourth-order valence-corrected chi connectivity index (χ4v) is 0.544. The van der Waals surface area contributed by atoms with Gasteiger partial charge in [-0.15, -0.1) is 0 Å². The van der Waals surface area contributed by atoms with Crippen LogP contribution in [0.25, 0.3) is 0 Å². The number of rotatable bonds is 0. The number of hydrogen-bond acceptors (Lipinski definition) is 2. The fourth-order valence-electron chi connectivity index (χ4n) is 0.544. The first kappa shape index (κ1) is 6.33. The average molecular weight is 124 g/mol. The van der Waals surface area contributed by atoms with Crippen molar-refractivity contribution in [2.75, 3.05) is 0 Å². The van der Waals surface area contributed by atoms with E-state index in [4.69, 9.17) is 4.52 Å². The second-order valence-corrected chi connectivity index (χ2v) is 3.05. The van der Waals surface area contributed by atoms with Crippen LogP contribution < -0.4 is 0 Å². The zero-order valence-corrected chi connectivity index (χ0v) is 5.93. The van der Waals surface area contributed by atoms with Crippen molar-refractivity contribution in [2.24, 2.45) is 0 Å². The van der Waals surface area contributed by atoms with E-state index in [1.807, 2.05) is 0 Å². The molecule has 0 saturated carbocycles. The summed E-state index contributed by atoms with van der Waals surface area (Å²) in [5.41, 5.74) is 0.0382. The molecule has 0 N–H and O–H groups in total. The smallest absolute Gasteiger partial charge is 0.150 e. The lowest BCUT2D eigenvalue weighted by molar-refractivity contribution is 0.329. The third-order valence-electron chi connectivity index (χ3n) is 1.07. The molecular weight excluding hydrogens is 114 g/mol. The topological polar surface area (TPSA) is 26.0 Å². The van der Waals surface area contributed by atoms with Gasteiger partial charge in [0.2, 0.25) is 0 Å². The normalized spacial score (nSPS) is 11.9. The molecule has 1 rings (SSSR count). The monoisotopic (exact) mass is 124 g/mol. The summed E-state index contributed by atoms with van der Waals surface area (Å²) in [6.45, 7) is 6.18. The van der Waals surface area contributed by atoms with Crippen molar-refractivity contribution in [3.63, 3.8) is 0 Å². The molecule has 0 aliphatic rings. The first-order valence-corrected chi connectivity index (χ1v) is 2.93. The molecule has 0 atom stereocenters. The van der Waals surface area contributed by atoms with Gasteiger partial charge in [0.1, 0.15) is 5.76 Å². The lowest BCUT2D eigenvalue weighted by Crippen LogP contribution is -2.09. The molecule has 1 aromatic rings. The van der Waals surface area contributed by atoms with E-state index < -0.39 is 0 Å². The Morgan fingerprint density at radius 3 is 2.44 bits per heavy atom. The summed E-state index contributed by atoms with van der Waals surface area (Å²) in [5, 5.41) is 3.56. The van der Waals surface area contributed by atoms with Crippen LogP contribution >= 0.6 is 0 Å². The third kappa shape index (κ3) is 1.31. The van der Waals surface area contributed by atoms with Crippen molar-refractivity contribution in [2.45, 2.75) is 26.2 Å². The number of hydrogen-bond donors (Lipinski definition) is 0. The van der Waals surface area contributed by atoms with E-state index in [-0.39, 0.29) is 5.41 Å². The zero-order valence-electron chi connectivity index (χ0n) is 5.93. The molecule has 2 nitrogen and oxygen atoms in total. The van der Waals surface area contributed by atoms with E-state index in [1.54, 1.807) is 6.20 Å². The maximum Gasteiger partial charge on any atom is 0.150 e. The maximum absolute atomic E-state index is 4.89. The van der Waals surface area contributed by atoms with Crippen molar-refractivity contribution < 1.29 is 4.52 Å². The van der Waals surface area contributed by atoms with Gasteiger partial charge in [-0.1, -0.05) is 25.9 Å². The summed E-state index contributed by atoms with van der Waals surface area (Å²) >= 11 is 0. The molecule has 0 amide bonds. The van der Waals surface area contributed by atoms with Crippen LogP contribution in [0, 0.1) is 6.07 Å². The lowest BCUT2D eigenvalue weighted by Gasteiger charge is -2.11. The van der Waals surface area contributed by atoms with Crippen molar-refractivity contribution in [3.05, 3.63) is 18.0 Å². The van der Waals surface area contributed by atoms with Crippen molar-refractivity contribution in [1.82, 2.24) is 5.16 Å². The highest BCUT2D eigenvalue weighted by atomic mass is 16.5. The minimum atomic E-state index is 0.0382.